The zero-order valence-electron chi connectivity index (χ0n) is 10.9. The Bertz CT molecular complexity index is 356. The number of nitrogens with zero attached hydrogens (tertiary/aromatic N) is 1. The van der Waals surface area contributed by atoms with Crippen LogP contribution >= 0.6 is 0 Å². The van der Waals surface area contributed by atoms with Crippen LogP contribution in [0.4, 0.5) is 0 Å². The van der Waals surface area contributed by atoms with E-state index >= 15 is 0 Å². The molecular formula is C12H24N2O2S. The lowest BCUT2D eigenvalue weighted by Crippen LogP contribution is -2.36. The maximum Gasteiger partial charge on any atom is 0.147 e. The lowest BCUT2D eigenvalue weighted by molar-refractivity contribution is 0.219. The van der Waals surface area contributed by atoms with Crippen molar-refractivity contribution in [3.8, 4) is 0 Å². The summed E-state index contributed by atoms with van der Waals surface area (Å²) in [5.41, 5.74) is 0. The van der Waals surface area contributed by atoms with Gasteiger partial charge in [0.1, 0.15) is 9.84 Å². The minimum Gasteiger partial charge on any atom is -0.316 e. The van der Waals surface area contributed by atoms with Crippen molar-refractivity contribution in [2.24, 2.45) is 11.8 Å². The molecule has 0 bridgehead atoms. The highest BCUT2D eigenvalue weighted by atomic mass is 32.2. The molecule has 0 aromatic carbocycles. The highest BCUT2D eigenvalue weighted by Crippen LogP contribution is 2.34. The molecule has 0 amide bonds. The lowest BCUT2D eigenvalue weighted by Gasteiger charge is -2.26. The zero-order chi connectivity index (χ0) is 12.5. The second-order valence-electron chi connectivity index (χ2n) is 5.54. The highest BCUT2D eigenvalue weighted by molar-refractivity contribution is 7.90. The van der Waals surface area contributed by atoms with Gasteiger partial charge in [-0.05, 0) is 44.3 Å². The number of rotatable bonds is 5. The van der Waals surface area contributed by atoms with Crippen molar-refractivity contribution in [3.63, 3.8) is 0 Å². The van der Waals surface area contributed by atoms with Crippen molar-refractivity contribution in [1.82, 2.24) is 10.2 Å². The molecule has 2 fully saturated rings. The van der Waals surface area contributed by atoms with Crippen molar-refractivity contribution in [3.05, 3.63) is 0 Å². The summed E-state index contributed by atoms with van der Waals surface area (Å²) in [5, 5.41) is 3.47. The summed E-state index contributed by atoms with van der Waals surface area (Å²) in [6.07, 6.45) is 3.29. The van der Waals surface area contributed by atoms with Crippen LogP contribution in [0, 0.1) is 11.8 Å². The first-order chi connectivity index (χ1) is 8.01. The Morgan fingerprint density at radius 2 is 2.12 bits per heavy atom. The lowest BCUT2D eigenvalue weighted by atomic mass is 9.93. The number of likely N-dealkylation sites (tertiary alicyclic amines) is 1. The van der Waals surface area contributed by atoms with Crippen LogP contribution in [0.5, 0.6) is 0 Å². The van der Waals surface area contributed by atoms with Gasteiger partial charge in [-0.2, -0.15) is 0 Å². The monoisotopic (exact) mass is 260 g/mol. The van der Waals surface area contributed by atoms with Crippen LogP contribution in [0.1, 0.15) is 19.8 Å². The van der Waals surface area contributed by atoms with Gasteiger partial charge in [0.05, 0.1) is 5.75 Å². The molecule has 17 heavy (non-hydrogen) atoms. The van der Waals surface area contributed by atoms with Crippen LogP contribution < -0.4 is 5.32 Å². The molecule has 100 valence electrons. The molecule has 5 heteroatoms. The summed E-state index contributed by atoms with van der Waals surface area (Å²) in [5.74, 6) is 1.91. The predicted octanol–water partition coefficient (Wildman–Crippen LogP) is 0.351. The number of hydrogen-bond donors (Lipinski definition) is 1. The van der Waals surface area contributed by atoms with Crippen molar-refractivity contribution in [2.75, 3.05) is 38.2 Å². The van der Waals surface area contributed by atoms with E-state index in [0.717, 1.165) is 44.4 Å². The molecule has 2 saturated heterocycles. The van der Waals surface area contributed by atoms with Gasteiger partial charge in [0.25, 0.3) is 0 Å². The summed E-state index contributed by atoms with van der Waals surface area (Å²) >= 11 is 0. The molecule has 0 saturated carbocycles. The smallest absolute Gasteiger partial charge is 0.147 e. The fourth-order valence-corrected chi connectivity index (χ4v) is 4.11. The van der Waals surface area contributed by atoms with Crippen molar-refractivity contribution < 1.29 is 8.42 Å². The SMILES string of the molecule is CCC1C2CNCC2CN1CCCS(C)(=O)=O. The van der Waals surface area contributed by atoms with Crippen LogP contribution in [0.2, 0.25) is 0 Å². The topological polar surface area (TPSA) is 49.4 Å². The number of fused-ring (bicyclic) bond motifs is 1. The quantitative estimate of drug-likeness (QED) is 0.775. The van der Waals surface area contributed by atoms with E-state index in [-0.39, 0.29) is 0 Å². The molecule has 1 N–H and O–H groups in total. The molecule has 0 aromatic rings. The summed E-state index contributed by atoms with van der Waals surface area (Å²) in [7, 11) is -2.80. The van der Waals surface area contributed by atoms with E-state index in [1.165, 1.54) is 12.7 Å². The minimum absolute atomic E-state index is 0.327. The van der Waals surface area contributed by atoms with Crippen LogP contribution in [0.25, 0.3) is 0 Å². The third kappa shape index (κ3) is 3.20. The molecule has 0 aromatic heterocycles. The average molecular weight is 260 g/mol. The third-order valence-corrected chi connectivity index (χ3v) is 5.23. The molecule has 2 aliphatic rings. The van der Waals surface area contributed by atoms with Gasteiger partial charge >= 0.3 is 0 Å². The van der Waals surface area contributed by atoms with Crippen LogP contribution in [0.3, 0.4) is 0 Å². The van der Waals surface area contributed by atoms with Gasteiger partial charge in [-0.1, -0.05) is 6.92 Å². The van der Waals surface area contributed by atoms with Gasteiger partial charge in [-0.3, -0.25) is 4.90 Å². The van der Waals surface area contributed by atoms with Crippen molar-refractivity contribution in [1.29, 1.82) is 0 Å². The van der Waals surface area contributed by atoms with Gasteiger partial charge in [0, 0.05) is 18.8 Å². The molecule has 2 aliphatic heterocycles. The first kappa shape index (κ1) is 13.3. The number of sulfone groups is 1. The van der Waals surface area contributed by atoms with E-state index in [1.807, 2.05) is 0 Å². The summed E-state index contributed by atoms with van der Waals surface area (Å²) in [6.45, 7) is 6.63. The van der Waals surface area contributed by atoms with Gasteiger partial charge in [0.2, 0.25) is 0 Å². The van der Waals surface area contributed by atoms with E-state index in [4.69, 9.17) is 0 Å². The Kier molecular flexibility index (Phi) is 4.10. The number of hydrogen-bond acceptors (Lipinski definition) is 4. The van der Waals surface area contributed by atoms with E-state index < -0.39 is 9.84 Å². The molecule has 3 unspecified atom stereocenters. The molecule has 4 nitrogen and oxygen atoms in total. The molecule has 0 aliphatic carbocycles. The second-order valence-corrected chi connectivity index (χ2v) is 7.80. The molecule has 3 atom stereocenters. The maximum absolute atomic E-state index is 11.1. The summed E-state index contributed by atoms with van der Waals surface area (Å²) < 4.78 is 22.2. The van der Waals surface area contributed by atoms with E-state index in [0.29, 0.717) is 11.8 Å². The Balaban J connectivity index is 1.85. The summed E-state index contributed by atoms with van der Waals surface area (Å²) in [6, 6.07) is 0.662. The molecule has 0 spiro atoms. The third-order valence-electron chi connectivity index (χ3n) is 4.20. The normalized spacial score (nSPS) is 34.1. The highest BCUT2D eigenvalue weighted by Gasteiger charge is 2.42. The van der Waals surface area contributed by atoms with Gasteiger partial charge in [-0.15, -0.1) is 0 Å². The molecule has 2 rings (SSSR count). The van der Waals surface area contributed by atoms with Crippen LogP contribution in [0.15, 0.2) is 0 Å². The van der Waals surface area contributed by atoms with E-state index in [9.17, 15) is 8.42 Å². The van der Waals surface area contributed by atoms with Crippen molar-refractivity contribution >= 4 is 9.84 Å². The fourth-order valence-electron chi connectivity index (χ4n) is 3.46. The first-order valence-electron chi connectivity index (χ1n) is 6.63. The molecular weight excluding hydrogens is 236 g/mol. The van der Waals surface area contributed by atoms with Gasteiger partial charge < -0.3 is 5.32 Å². The Labute approximate surface area is 105 Å². The van der Waals surface area contributed by atoms with E-state index in [1.54, 1.807) is 0 Å². The maximum atomic E-state index is 11.1. The Morgan fingerprint density at radius 3 is 2.76 bits per heavy atom. The largest absolute Gasteiger partial charge is 0.316 e. The molecule has 0 radical (unpaired) electrons. The minimum atomic E-state index is -2.80. The average Bonchev–Trinajstić information content (AvgIpc) is 2.75. The Hall–Kier alpha value is -0.130. The second kappa shape index (κ2) is 5.24. The first-order valence-corrected chi connectivity index (χ1v) is 8.70. The fraction of sp³-hybridized carbons (Fsp3) is 1.00. The van der Waals surface area contributed by atoms with E-state index in [2.05, 4.69) is 17.1 Å². The van der Waals surface area contributed by atoms with Crippen LogP contribution in [-0.2, 0) is 9.84 Å². The summed E-state index contributed by atoms with van der Waals surface area (Å²) in [4.78, 5) is 2.52. The van der Waals surface area contributed by atoms with Gasteiger partial charge in [-0.25, -0.2) is 8.42 Å². The number of nitrogens with one attached hydrogen (secondary N) is 1. The van der Waals surface area contributed by atoms with Crippen molar-refractivity contribution in [2.45, 2.75) is 25.8 Å². The van der Waals surface area contributed by atoms with Gasteiger partial charge in [0.15, 0.2) is 0 Å². The predicted molar refractivity (Wildman–Crippen MR) is 69.8 cm³/mol. The molecule has 2 heterocycles. The zero-order valence-corrected chi connectivity index (χ0v) is 11.7. The van der Waals surface area contributed by atoms with Crippen LogP contribution in [-0.4, -0.2) is 57.5 Å². The Morgan fingerprint density at radius 1 is 1.35 bits per heavy atom. The standard InChI is InChI=1S/C12H24N2O2S/c1-3-12-11-8-13-7-10(11)9-14(12)5-4-6-17(2,15)16/h10-13H,3-9H2,1-2H3.